The number of hydrogen-bond donors (Lipinski definition) is 1. The Morgan fingerprint density at radius 2 is 1.90 bits per heavy atom. The Morgan fingerprint density at radius 1 is 1.30 bits per heavy atom. The van der Waals surface area contributed by atoms with Gasteiger partial charge in [-0.3, -0.25) is 4.79 Å². The molecule has 0 heterocycles. The third-order valence-corrected chi connectivity index (χ3v) is 4.26. The van der Waals surface area contributed by atoms with Crippen LogP contribution in [0.15, 0.2) is 0 Å². The molecule has 1 fully saturated rings. The van der Waals surface area contributed by atoms with Gasteiger partial charge in [0, 0.05) is 13.7 Å². The van der Waals surface area contributed by atoms with Gasteiger partial charge in [0.15, 0.2) is 0 Å². The van der Waals surface area contributed by atoms with E-state index in [1.165, 1.54) is 4.90 Å². The average Bonchev–Trinajstić information content (AvgIpc) is 2.46. The van der Waals surface area contributed by atoms with Crippen LogP contribution in [0.1, 0.15) is 58.8 Å². The topological polar surface area (TPSA) is 66.8 Å². The van der Waals surface area contributed by atoms with Gasteiger partial charge in [-0.25, -0.2) is 4.79 Å². The molecule has 5 heteroatoms. The number of likely N-dealkylation sites (N-methyl/N-ethyl adjacent to an activating group) is 1. The van der Waals surface area contributed by atoms with E-state index in [1.807, 2.05) is 0 Å². The summed E-state index contributed by atoms with van der Waals surface area (Å²) in [5, 5.41) is 9.57. The summed E-state index contributed by atoms with van der Waals surface area (Å²) in [7, 11) is 1.60. The average molecular weight is 285 g/mol. The fourth-order valence-electron chi connectivity index (χ4n) is 2.79. The molecule has 20 heavy (non-hydrogen) atoms. The monoisotopic (exact) mass is 285 g/mol. The summed E-state index contributed by atoms with van der Waals surface area (Å²) in [6.45, 7) is 4.30. The number of unbranched alkanes of at least 4 members (excludes halogenated alkanes) is 1. The first-order valence-electron chi connectivity index (χ1n) is 7.58. The molecule has 116 valence electrons. The van der Waals surface area contributed by atoms with E-state index in [1.54, 1.807) is 14.0 Å². The highest BCUT2D eigenvalue weighted by molar-refractivity contribution is 5.88. The van der Waals surface area contributed by atoms with Crippen LogP contribution in [0.25, 0.3) is 0 Å². The zero-order valence-electron chi connectivity index (χ0n) is 12.9. The second-order valence-electron chi connectivity index (χ2n) is 5.66. The maximum atomic E-state index is 12.4. The van der Waals surface area contributed by atoms with Crippen molar-refractivity contribution in [2.45, 2.75) is 70.4 Å². The number of ether oxygens (including phenoxy) is 1. The molecule has 0 aromatic heterocycles. The normalized spacial score (nSPS) is 19.4. The number of rotatable bonds is 7. The second kappa shape index (κ2) is 7.62. The highest BCUT2D eigenvalue weighted by Crippen LogP contribution is 2.33. The minimum absolute atomic E-state index is 0.231. The maximum Gasteiger partial charge on any atom is 0.329 e. The lowest BCUT2D eigenvalue weighted by Crippen LogP contribution is -2.58. The number of amides is 1. The lowest BCUT2D eigenvalue weighted by atomic mass is 9.80. The molecule has 1 aliphatic rings. The van der Waals surface area contributed by atoms with E-state index in [9.17, 15) is 14.7 Å². The minimum Gasteiger partial charge on any atom is -0.479 e. The molecule has 0 aromatic rings. The number of carbonyl (C=O) groups excluding carboxylic acids is 1. The van der Waals surface area contributed by atoms with Crippen LogP contribution in [-0.4, -0.2) is 47.2 Å². The van der Waals surface area contributed by atoms with Crippen LogP contribution in [0.3, 0.4) is 0 Å². The van der Waals surface area contributed by atoms with Crippen LogP contribution in [-0.2, 0) is 14.3 Å². The fraction of sp³-hybridized carbons (Fsp3) is 0.867. The molecular weight excluding hydrogens is 258 g/mol. The molecule has 0 bridgehead atoms. The van der Waals surface area contributed by atoms with Gasteiger partial charge in [0.25, 0.3) is 5.91 Å². The number of hydrogen-bond acceptors (Lipinski definition) is 3. The van der Waals surface area contributed by atoms with E-state index in [-0.39, 0.29) is 5.91 Å². The van der Waals surface area contributed by atoms with E-state index in [4.69, 9.17) is 4.74 Å². The molecule has 0 aromatic carbocycles. The molecule has 5 nitrogen and oxygen atoms in total. The van der Waals surface area contributed by atoms with Gasteiger partial charge in [-0.1, -0.05) is 32.6 Å². The highest BCUT2D eigenvalue weighted by Gasteiger charge is 2.46. The number of aliphatic carboxylic acids is 1. The van der Waals surface area contributed by atoms with Crippen LogP contribution in [0, 0.1) is 0 Å². The summed E-state index contributed by atoms with van der Waals surface area (Å²) in [5.74, 6) is -1.13. The van der Waals surface area contributed by atoms with Gasteiger partial charge in [-0.05, 0) is 26.2 Å². The van der Waals surface area contributed by atoms with Crippen molar-refractivity contribution in [1.82, 2.24) is 4.90 Å². The van der Waals surface area contributed by atoms with Crippen molar-refractivity contribution in [1.29, 1.82) is 0 Å². The Hall–Kier alpha value is -1.10. The lowest BCUT2D eigenvalue weighted by molar-refractivity contribution is -0.165. The maximum absolute atomic E-state index is 12.4. The van der Waals surface area contributed by atoms with Gasteiger partial charge in [0.05, 0.1) is 0 Å². The molecule has 1 unspecified atom stereocenters. The molecule has 1 N–H and O–H groups in total. The smallest absolute Gasteiger partial charge is 0.329 e. The van der Waals surface area contributed by atoms with Crippen LogP contribution in [0.5, 0.6) is 0 Å². The van der Waals surface area contributed by atoms with Crippen molar-refractivity contribution >= 4 is 11.9 Å². The molecule has 0 saturated heterocycles. The van der Waals surface area contributed by atoms with Crippen LogP contribution < -0.4 is 0 Å². The number of nitrogens with zero attached hydrogens (tertiary/aromatic N) is 1. The van der Waals surface area contributed by atoms with E-state index >= 15 is 0 Å². The summed E-state index contributed by atoms with van der Waals surface area (Å²) in [6, 6.07) is 0. The first-order chi connectivity index (χ1) is 9.45. The van der Waals surface area contributed by atoms with Crippen molar-refractivity contribution in [2.24, 2.45) is 0 Å². The Balaban J connectivity index is 2.71. The molecular formula is C15H27NO4. The van der Waals surface area contributed by atoms with Gasteiger partial charge in [0.2, 0.25) is 0 Å². The SMILES string of the molecule is CCCCOC(C)C(=O)N(C)C1(C(=O)O)CCCCC1. The standard InChI is InChI=1S/C15H27NO4/c1-4-5-11-20-12(2)13(17)16(3)15(14(18)19)9-7-6-8-10-15/h12H,4-11H2,1-3H3,(H,18,19). The number of carboxylic acids is 1. The first kappa shape index (κ1) is 17.0. The summed E-state index contributed by atoms with van der Waals surface area (Å²) in [4.78, 5) is 25.5. The minimum atomic E-state index is -1.04. The zero-order chi connectivity index (χ0) is 15.2. The van der Waals surface area contributed by atoms with E-state index < -0.39 is 17.6 Å². The van der Waals surface area contributed by atoms with Crippen LogP contribution in [0.2, 0.25) is 0 Å². The van der Waals surface area contributed by atoms with E-state index in [0.717, 1.165) is 32.1 Å². The second-order valence-corrected chi connectivity index (χ2v) is 5.66. The van der Waals surface area contributed by atoms with E-state index in [0.29, 0.717) is 19.4 Å². The van der Waals surface area contributed by atoms with Gasteiger partial charge in [-0.15, -0.1) is 0 Å². The summed E-state index contributed by atoms with van der Waals surface area (Å²) >= 11 is 0. The molecule has 1 saturated carbocycles. The molecule has 0 spiro atoms. The third-order valence-electron chi connectivity index (χ3n) is 4.26. The Bertz CT molecular complexity index is 337. The summed E-state index contributed by atoms with van der Waals surface area (Å²) in [6.07, 6.45) is 5.16. The Morgan fingerprint density at radius 3 is 2.40 bits per heavy atom. The largest absolute Gasteiger partial charge is 0.479 e. The predicted octanol–water partition coefficient (Wildman–Crippen LogP) is 2.44. The van der Waals surface area contributed by atoms with Crippen molar-refractivity contribution < 1.29 is 19.4 Å². The van der Waals surface area contributed by atoms with Crippen molar-refractivity contribution in [2.75, 3.05) is 13.7 Å². The molecule has 1 rings (SSSR count). The Kier molecular flexibility index (Phi) is 6.46. The fourth-order valence-corrected chi connectivity index (χ4v) is 2.79. The lowest BCUT2D eigenvalue weighted by Gasteiger charge is -2.41. The first-order valence-corrected chi connectivity index (χ1v) is 7.58. The molecule has 0 radical (unpaired) electrons. The molecule has 1 aliphatic carbocycles. The molecule has 1 amide bonds. The van der Waals surface area contributed by atoms with Crippen LogP contribution in [0.4, 0.5) is 0 Å². The van der Waals surface area contributed by atoms with Crippen LogP contribution >= 0.6 is 0 Å². The number of carboxylic acid groups (broad SMARTS) is 1. The molecule has 1 atom stereocenters. The van der Waals surface area contributed by atoms with Gasteiger partial charge < -0.3 is 14.7 Å². The predicted molar refractivity (Wildman–Crippen MR) is 76.5 cm³/mol. The summed E-state index contributed by atoms with van der Waals surface area (Å²) < 4.78 is 5.50. The Labute approximate surface area is 121 Å². The van der Waals surface area contributed by atoms with Crippen molar-refractivity contribution in [3.63, 3.8) is 0 Å². The van der Waals surface area contributed by atoms with E-state index in [2.05, 4.69) is 6.92 Å². The molecule has 0 aliphatic heterocycles. The number of carbonyl (C=O) groups is 2. The highest BCUT2D eigenvalue weighted by atomic mass is 16.5. The van der Waals surface area contributed by atoms with Crippen molar-refractivity contribution in [3.8, 4) is 0 Å². The van der Waals surface area contributed by atoms with Gasteiger partial charge in [0.1, 0.15) is 11.6 Å². The summed E-state index contributed by atoms with van der Waals surface area (Å²) in [5.41, 5.74) is -1.04. The zero-order valence-corrected chi connectivity index (χ0v) is 12.9. The third kappa shape index (κ3) is 3.72. The quantitative estimate of drug-likeness (QED) is 0.730. The van der Waals surface area contributed by atoms with Crippen molar-refractivity contribution in [3.05, 3.63) is 0 Å². The van der Waals surface area contributed by atoms with Gasteiger partial charge >= 0.3 is 5.97 Å². The van der Waals surface area contributed by atoms with Gasteiger partial charge in [-0.2, -0.15) is 0 Å².